The van der Waals surface area contributed by atoms with Crippen LogP contribution in [0.4, 0.5) is 0 Å². The van der Waals surface area contributed by atoms with E-state index in [4.69, 9.17) is 4.98 Å². The molecule has 27 heavy (non-hydrogen) atoms. The van der Waals surface area contributed by atoms with Crippen LogP contribution in [0, 0.1) is 12.3 Å². The van der Waals surface area contributed by atoms with Crippen LogP contribution in [0.1, 0.15) is 74.1 Å². The summed E-state index contributed by atoms with van der Waals surface area (Å²) in [5.74, 6) is 2.69. The lowest BCUT2D eigenvalue weighted by Crippen LogP contribution is -2.32. The second-order valence-corrected chi connectivity index (χ2v) is 8.73. The molecule has 1 N–H and O–H groups in total. The van der Waals surface area contributed by atoms with Crippen LogP contribution in [0.3, 0.4) is 0 Å². The first-order valence-electron chi connectivity index (χ1n) is 10.2. The number of nitrogens with one attached hydrogen (secondary N) is 1. The van der Waals surface area contributed by atoms with Gasteiger partial charge in [0.1, 0.15) is 5.82 Å². The number of aryl methyl sites for hydroxylation is 1. The number of hydrogen-bond acceptors (Lipinski definition) is 3. The van der Waals surface area contributed by atoms with Gasteiger partial charge in [0.05, 0.1) is 6.42 Å². The maximum absolute atomic E-state index is 13.1. The topological polar surface area (TPSA) is 61.9 Å². The molecule has 0 radical (unpaired) electrons. The zero-order valence-corrected chi connectivity index (χ0v) is 16.7. The van der Waals surface area contributed by atoms with Crippen LogP contribution in [0.5, 0.6) is 0 Å². The Kier molecular flexibility index (Phi) is 4.79. The monoisotopic (exact) mass is 366 g/mol. The van der Waals surface area contributed by atoms with Crippen LogP contribution >= 0.6 is 0 Å². The number of hydrogen-bond donors (Lipinski definition) is 1. The molecule has 1 saturated carbocycles. The number of likely N-dealkylation sites (tertiary alicyclic amines) is 1. The molecular formula is C22H30N4O. The molecule has 4 rings (SSSR count). The molecule has 5 nitrogen and oxygen atoms in total. The standard InChI is InChI=1S/C22H30N4O/c1-15(2)20-23-21(25-24-20)18-13-26(14-22(18)10-6-7-11-22)19(27)12-17-9-5-4-8-16(17)3/h4-5,8-9,15,18H,6-7,10-14H2,1-3H3,(H,23,24,25). The lowest BCUT2D eigenvalue weighted by molar-refractivity contribution is -0.129. The molecule has 2 fully saturated rings. The fourth-order valence-corrected chi connectivity index (χ4v) is 4.91. The van der Waals surface area contributed by atoms with E-state index >= 15 is 0 Å². The highest BCUT2D eigenvalue weighted by Gasteiger charge is 2.51. The number of carbonyl (C=O) groups excluding carboxylic acids is 1. The Morgan fingerprint density at radius 1 is 1.30 bits per heavy atom. The van der Waals surface area contributed by atoms with Gasteiger partial charge in [-0.3, -0.25) is 9.89 Å². The molecule has 1 aliphatic carbocycles. The molecular weight excluding hydrogens is 336 g/mol. The molecule has 1 aromatic heterocycles. The zero-order chi connectivity index (χ0) is 19.0. The van der Waals surface area contributed by atoms with Crippen molar-refractivity contribution in [2.24, 2.45) is 5.41 Å². The number of amides is 1. The Bertz CT molecular complexity index is 819. The van der Waals surface area contributed by atoms with Gasteiger partial charge in [-0.05, 0) is 36.3 Å². The molecule has 1 aliphatic heterocycles. The van der Waals surface area contributed by atoms with Crippen molar-refractivity contribution in [1.29, 1.82) is 0 Å². The van der Waals surface area contributed by atoms with Gasteiger partial charge < -0.3 is 4.90 Å². The zero-order valence-electron chi connectivity index (χ0n) is 16.7. The van der Waals surface area contributed by atoms with Gasteiger partial charge in [-0.1, -0.05) is 51.0 Å². The van der Waals surface area contributed by atoms with Crippen molar-refractivity contribution >= 4 is 5.91 Å². The number of aromatic nitrogens is 3. The van der Waals surface area contributed by atoms with Crippen LogP contribution in [-0.2, 0) is 11.2 Å². The number of rotatable bonds is 4. The summed E-state index contributed by atoms with van der Waals surface area (Å²) in [6, 6.07) is 8.19. The molecule has 2 heterocycles. The molecule has 2 aromatic rings. The van der Waals surface area contributed by atoms with Crippen molar-refractivity contribution in [1.82, 2.24) is 20.1 Å². The first-order valence-corrected chi connectivity index (χ1v) is 10.2. The van der Waals surface area contributed by atoms with E-state index in [0.29, 0.717) is 12.3 Å². The largest absolute Gasteiger partial charge is 0.341 e. The van der Waals surface area contributed by atoms with E-state index in [-0.39, 0.29) is 17.2 Å². The maximum Gasteiger partial charge on any atom is 0.227 e. The summed E-state index contributed by atoms with van der Waals surface area (Å²) in [7, 11) is 0. The average Bonchev–Trinajstić information content (AvgIpc) is 3.38. The van der Waals surface area contributed by atoms with Crippen LogP contribution in [0.2, 0.25) is 0 Å². The lowest BCUT2D eigenvalue weighted by atomic mass is 9.76. The van der Waals surface area contributed by atoms with Gasteiger partial charge in [-0.15, -0.1) is 0 Å². The molecule has 0 bridgehead atoms. The highest BCUT2D eigenvalue weighted by molar-refractivity contribution is 5.79. The van der Waals surface area contributed by atoms with Crippen LogP contribution < -0.4 is 0 Å². The van der Waals surface area contributed by atoms with Gasteiger partial charge in [-0.25, -0.2) is 4.98 Å². The van der Waals surface area contributed by atoms with Gasteiger partial charge in [0, 0.05) is 24.9 Å². The number of benzene rings is 1. The smallest absolute Gasteiger partial charge is 0.227 e. The Morgan fingerprint density at radius 3 is 2.70 bits per heavy atom. The van der Waals surface area contributed by atoms with Crippen molar-refractivity contribution < 1.29 is 4.79 Å². The van der Waals surface area contributed by atoms with Crippen LogP contribution in [0.15, 0.2) is 24.3 Å². The minimum absolute atomic E-state index is 0.176. The molecule has 1 atom stereocenters. The van der Waals surface area contributed by atoms with Gasteiger partial charge >= 0.3 is 0 Å². The number of aromatic amines is 1. The first-order chi connectivity index (χ1) is 13.0. The summed E-state index contributed by atoms with van der Waals surface area (Å²) < 4.78 is 0. The third kappa shape index (κ3) is 3.40. The molecule has 144 valence electrons. The third-order valence-electron chi connectivity index (χ3n) is 6.57. The number of carbonyl (C=O) groups is 1. The minimum Gasteiger partial charge on any atom is -0.341 e. The van der Waals surface area contributed by atoms with E-state index in [9.17, 15) is 4.79 Å². The second-order valence-electron chi connectivity index (χ2n) is 8.73. The predicted octanol–water partition coefficient (Wildman–Crippen LogP) is 3.97. The second kappa shape index (κ2) is 7.10. The minimum atomic E-state index is 0.176. The van der Waals surface area contributed by atoms with E-state index in [1.165, 1.54) is 31.2 Å². The average molecular weight is 367 g/mol. The van der Waals surface area contributed by atoms with Crippen molar-refractivity contribution in [2.45, 2.75) is 64.7 Å². The van der Waals surface area contributed by atoms with Crippen molar-refractivity contribution in [3.8, 4) is 0 Å². The SMILES string of the molecule is Cc1ccccc1CC(=O)N1CC(c2nc(C(C)C)n[nH]2)C2(CCCC2)C1. The van der Waals surface area contributed by atoms with E-state index in [1.807, 2.05) is 12.1 Å². The Labute approximate surface area is 161 Å². The van der Waals surface area contributed by atoms with E-state index in [1.54, 1.807) is 0 Å². The Balaban J connectivity index is 1.56. The summed E-state index contributed by atoms with van der Waals surface area (Å²) in [6.07, 6.45) is 5.36. The number of nitrogens with zero attached hydrogens (tertiary/aromatic N) is 3. The lowest BCUT2D eigenvalue weighted by Gasteiger charge is -2.28. The highest BCUT2D eigenvalue weighted by atomic mass is 16.2. The molecule has 1 aromatic carbocycles. The van der Waals surface area contributed by atoms with E-state index in [0.717, 1.165) is 30.3 Å². The molecule has 1 unspecified atom stereocenters. The summed E-state index contributed by atoms with van der Waals surface area (Å²) in [5.41, 5.74) is 2.50. The van der Waals surface area contributed by atoms with Crippen molar-refractivity contribution in [3.63, 3.8) is 0 Å². The van der Waals surface area contributed by atoms with E-state index in [2.05, 4.69) is 48.0 Å². The Morgan fingerprint density at radius 2 is 2.04 bits per heavy atom. The molecule has 1 saturated heterocycles. The first kappa shape index (κ1) is 18.2. The van der Waals surface area contributed by atoms with E-state index < -0.39 is 0 Å². The molecule has 5 heteroatoms. The molecule has 1 spiro atoms. The third-order valence-corrected chi connectivity index (χ3v) is 6.57. The van der Waals surface area contributed by atoms with Crippen LogP contribution in [0.25, 0.3) is 0 Å². The van der Waals surface area contributed by atoms with Crippen molar-refractivity contribution in [3.05, 3.63) is 47.0 Å². The van der Waals surface area contributed by atoms with Gasteiger partial charge in [0.25, 0.3) is 0 Å². The summed E-state index contributed by atoms with van der Waals surface area (Å²) >= 11 is 0. The molecule has 1 amide bonds. The Hall–Kier alpha value is -2.17. The van der Waals surface area contributed by atoms with Crippen molar-refractivity contribution in [2.75, 3.05) is 13.1 Å². The fourth-order valence-electron chi connectivity index (χ4n) is 4.91. The van der Waals surface area contributed by atoms with Gasteiger partial charge in [0.15, 0.2) is 5.82 Å². The maximum atomic E-state index is 13.1. The quantitative estimate of drug-likeness (QED) is 0.891. The fraction of sp³-hybridized carbons (Fsp3) is 0.591. The summed E-state index contributed by atoms with van der Waals surface area (Å²) in [6.45, 7) is 7.93. The predicted molar refractivity (Wildman–Crippen MR) is 106 cm³/mol. The summed E-state index contributed by atoms with van der Waals surface area (Å²) in [5, 5.41) is 7.62. The number of H-pyrrole nitrogens is 1. The van der Waals surface area contributed by atoms with Crippen LogP contribution in [-0.4, -0.2) is 39.1 Å². The summed E-state index contributed by atoms with van der Waals surface area (Å²) in [4.78, 5) is 20.0. The van der Waals surface area contributed by atoms with Gasteiger partial charge in [0.2, 0.25) is 5.91 Å². The van der Waals surface area contributed by atoms with Gasteiger partial charge in [-0.2, -0.15) is 5.10 Å². The highest BCUT2D eigenvalue weighted by Crippen LogP contribution is 2.52. The normalized spacial score (nSPS) is 21.5. The molecule has 2 aliphatic rings.